The van der Waals surface area contributed by atoms with Crippen molar-refractivity contribution in [3.05, 3.63) is 11.5 Å². The Hall–Kier alpha value is -1.78. The zero-order chi connectivity index (χ0) is 32.8. The summed E-state index contributed by atoms with van der Waals surface area (Å²) >= 11 is 0. The van der Waals surface area contributed by atoms with E-state index in [2.05, 4.69) is 13.8 Å². The third-order valence-electron chi connectivity index (χ3n) is 9.05. The van der Waals surface area contributed by atoms with Crippen LogP contribution in [0.1, 0.15) is 218 Å². The van der Waals surface area contributed by atoms with Gasteiger partial charge in [-0.05, 0) is 26.7 Å². The number of aryl methyl sites for hydroxylation is 2. The smallest absolute Gasteiger partial charge is 0.311 e. The number of hydrogen-bond acceptors (Lipinski definition) is 5. The standard InChI is InChI=1S/C40H72O5/c1-5-7-9-11-13-15-17-19-21-23-25-27-29-31-33-37(41)44-39-35(3)43-36(4)40(39)45-38(42)34-32-30-28-26-24-22-20-18-16-14-12-10-8-6-2/h5-34H2,1-4H3. The molecule has 1 rings (SSSR count). The molecule has 5 heteroatoms. The molecule has 0 aromatic carbocycles. The average molecular weight is 633 g/mol. The van der Waals surface area contributed by atoms with Gasteiger partial charge in [0.2, 0.25) is 11.5 Å². The van der Waals surface area contributed by atoms with Crippen LogP contribution in [0.25, 0.3) is 0 Å². The highest BCUT2D eigenvalue weighted by atomic mass is 16.6. The van der Waals surface area contributed by atoms with Gasteiger partial charge in [0, 0.05) is 12.8 Å². The molecule has 0 saturated heterocycles. The van der Waals surface area contributed by atoms with Gasteiger partial charge >= 0.3 is 11.9 Å². The lowest BCUT2D eigenvalue weighted by atomic mass is 10.0. The van der Waals surface area contributed by atoms with Gasteiger partial charge in [-0.15, -0.1) is 0 Å². The highest BCUT2D eigenvalue weighted by Gasteiger charge is 2.23. The van der Waals surface area contributed by atoms with Crippen LogP contribution < -0.4 is 9.47 Å². The van der Waals surface area contributed by atoms with Crippen LogP contribution >= 0.6 is 0 Å². The van der Waals surface area contributed by atoms with Crippen LogP contribution in [0.3, 0.4) is 0 Å². The third-order valence-corrected chi connectivity index (χ3v) is 9.05. The van der Waals surface area contributed by atoms with Crippen LogP contribution in [0.4, 0.5) is 0 Å². The maximum Gasteiger partial charge on any atom is 0.311 e. The molecule has 0 aliphatic rings. The number of hydrogen-bond donors (Lipinski definition) is 0. The monoisotopic (exact) mass is 633 g/mol. The van der Waals surface area contributed by atoms with Crippen molar-refractivity contribution in [1.29, 1.82) is 0 Å². The van der Waals surface area contributed by atoms with Gasteiger partial charge in [0.25, 0.3) is 0 Å². The van der Waals surface area contributed by atoms with Crippen molar-refractivity contribution >= 4 is 11.9 Å². The van der Waals surface area contributed by atoms with Crippen molar-refractivity contribution in [3.63, 3.8) is 0 Å². The summed E-state index contributed by atoms with van der Waals surface area (Å²) in [6.07, 6.45) is 36.6. The molecule has 262 valence electrons. The van der Waals surface area contributed by atoms with E-state index < -0.39 is 0 Å². The predicted molar refractivity (Wildman–Crippen MR) is 189 cm³/mol. The second kappa shape index (κ2) is 29.6. The van der Waals surface area contributed by atoms with E-state index in [1.54, 1.807) is 13.8 Å². The number of unbranched alkanes of at least 4 members (excludes halogenated alkanes) is 26. The zero-order valence-corrected chi connectivity index (χ0v) is 30.3. The molecular formula is C40H72O5. The molecule has 0 atom stereocenters. The first-order valence-corrected chi connectivity index (χ1v) is 19.5. The van der Waals surface area contributed by atoms with Crippen LogP contribution in [-0.4, -0.2) is 11.9 Å². The van der Waals surface area contributed by atoms with E-state index >= 15 is 0 Å². The SMILES string of the molecule is CCCCCCCCCCCCCCCCC(=O)Oc1c(C)oc(C)c1OC(=O)CCCCCCCCCCCCCCCC. The predicted octanol–water partition coefficient (Wildman–Crippen LogP) is 13.5. The topological polar surface area (TPSA) is 65.7 Å². The Balaban J connectivity index is 2.10. The quantitative estimate of drug-likeness (QED) is 0.0584. The normalized spacial score (nSPS) is 11.3. The average Bonchev–Trinajstić information content (AvgIpc) is 3.28. The highest BCUT2D eigenvalue weighted by Crippen LogP contribution is 2.38. The molecule has 5 nitrogen and oxygen atoms in total. The molecule has 0 amide bonds. The van der Waals surface area contributed by atoms with E-state index in [1.807, 2.05) is 0 Å². The van der Waals surface area contributed by atoms with Crippen LogP contribution in [0.15, 0.2) is 4.42 Å². The van der Waals surface area contributed by atoms with E-state index in [9.17, 15) is 9.59 Å². The highest BCUT2D eigenvalue weighted by molar-refractivity contribution is 5.77. The largest absolute Gasteiger partial charge is 0.459 e. The molecule has 0 aliphatic carbocycles. The minimum atomic E-state index is -0.290. The minimum Gasteiger partial charge on any atom is -0.459 e. The Labute approximate surface area is 278 Å². The zero-order valence-electron chi connectivity index (χ0n) is 30.3. The molecule has 45 heavy (non-hydrogen) atoms. The van der Waals surface area contributed by atoms with Crippen LogP contribution in [0.2, 0.25) is 0 Å². The second-order valence-electron chi connectivity index (χ2n) is 13.5. The first-order valence-electron chi connectivity index (χ1n) is 19.5. The summed E-state index contributed by atoms with van der Waals surface area (Å²) in [6.45, 7) is 8.03. The lowest BCUT2D eigenvalue weighted by Crippen LogP contribution is -2.12. The van der Waals surface area contributed by atoms with Gasteiger partial charge in [-0.3, -0.25) is 9.59 Å². The molecule has 0 bridgehead atoms. The van der Waals surface area contributed by atoms with E-state index in [-0.39, 0.29) is 23.4 Å². The number of ether oxygens (including phenoxy) is 2. The maximum absolute atomic E-state index is 12.5. The van der Waals surface area contributed by atoms with E-state index in [4.69, 9.17) is 13.9 Å². The van der Waals surface area contributed by atoms with Crippen molar-refractivity contribution in [1.82, 2.24) is 0 Å². The Morgan fingerprint density at radius 2 is 0.622 bits per heavy atom. The molecule has 1 heterocycles. The van der Waals surface area contributed by atoms with Crippen molar-refractivity contribution in [2.24, 2.45) is 0 Å². The summed E-state index contributed by atoms with van der Waals surface area (Å²) in [7, 11) is 0. The number of rotatable bonds is 32. The Kier molecular flexibility index (Phi) is 27.1. The van der Waals surface area contributed by atoms with Gasteiger partial charge in [-0.1, -0.05) is 181 Å². The van der Waals surface area contributed by atoms with Crippen molar-refractivity contribution in [2.75, 3.05) is 0 Å². The summed E-state index contributed by atoms with van der Waals surface area (Å²) in [6, 6.07) is 0. The fraction of sp³-hybridized carbons (Fsp3) is 0.850. The molecule has 0 radical (unpaired) electrons. The van der Waals surface area contributed by atoms with Crippen LogP contribution in [0, 0.1) is 13.8 Å². The summed E-state index contributed by atoms with van der Waals surface area (Å²) < 4.78 is 16.9. The molecule has 0 aliphatic heterocycles. The fourth-order valence-corrected chi connectivity index (χ4v) is 6.14. The number of esters is 2. The van der Waals surface area contributed by atoms with Gasteiger partial charge in [0.15, 0.2) is 0 Å². The van der Waals surface area contributed by atoms with Crippen molar-refractivity contribution < 1.29 is 23.5 Å². The van der Waals surface area contributed by atoms with Crippen LogP contribution in [0.5, 0.6) is 11.5 Å². The molecule has 0 unspecified atom stereocenters. The minimum absolute atomic E-state index is 0.261. The van der Waals surface area contributed by atoms with Gasteiger partial charge in [-0.25, -0.2) is 0 Å². The summed E-state index contributed by atoms with van der Waals surface area (Å²) in [5, 5.41) is 0. The molecular weight excluding hydrogens is 560 g/mol. The van der Waals surface area contributed by atoms with E-state index in [0.29, 0.717) is 24.4 Å². The Morgan fingerprint density at radius 3 is 0.867 bits per heavy atom. The van der Waals surface area contributed by atoms with Gasteiger partial charge in [0.05, 0.1) is 0 Å². The number of furan rings is 1. The lowest BCUT2D eigenvalue weighted by molar-refractivity contribution is -0.137. The summed E-state index contributed by atoms with van der Waals surface area (Å²) in [4.78, 5) is 25.1. The lowest BCUT2D eigenvalue weighted by Gasteiger charge is -2.08. The van der Waals surface area contributed by atoms with Crippen molar-refractivity contribution in [3.8, 4) is 11.5 Å². The Morgan fingerprint density at radius 1 is 0.400 bits per heavy atom. The Bertz CT molecular complexity index is 775. The van der Waals surface area contributed by atoms with Crippen LogP contribution in [-0.2, 0) is 9.59 Å². The third kappa shape index (κ3) is 23.2. The summed E-state index contributed by atoms with van der Waals surface area (Å²) in [5.41, 5.74) is 0. The molecule has 0 saturated carbocycles. The van der Waals surface area contributed by atoms with Gasteiger partial charge < -0.3 is 13.9 Å². The van der Waals surface area contributed by atoms with Crippen molar-refractivity contribution in [2.45, 2.75) is 220 Å². The molecule has 1 aromatic heterocycles. The first-order chi connectivity index (χ1) is 22.0. The van der Waals surface area contributed by atoms with Gasteiger partial charge in [-0.2, -0.15) is 0 Å². The number of carbonyl (C=O) groups excluding carboxylic acids is 2. The molecule has 1 aromatic rings. The maximum atomic E-state index is 12.5. The first kappa shape index (κ1) is 41.2. The van der Waals surface area contributed by atoms with E-state index in [1.165, 1.54) is 141 Å². The molecule has 0 N–H and O–H groups in total. The fourth-order valence-electron chi connectivity index (χ4n) is 6.14. The summed E-state index contributed by atoms with van der Waals surface area (Å²) in [5.74, 6) is 0.890. The number of carbonyl (C=O) groups is 2. The molecule has 0 spiro atoms. The van der Waals surface area contributed by atoms with Gasteiger partial charge in [0.1, 0.15) is 11.5 Å². The van der Waals surface area contributed by atoms with E-state index in [0.717, 1.165) is 38.5 Å². The molecule has 0 fully saturated rings. The second-order valence-corrected chi connectivity index (χ2v) is 13.5.